The molecule has 0 aromatic rings. The van der Waals surface area contributed by atoms with Gasteiger partial charge in [0, 0.05) is 19.0 Å². The van der Waals surface area contributed by atoms with Crippen LogP contribution in [0.1, 0.15) is 13.8 Å². The molecule has 2 unspecified atom stereocenters. The number of likely N-dealkylation sites (tertiary alicyclic amines) is 1. The molecule has 1 aliphatic heterocycles. The molecule has 2 atom stereocenters. The van der Waals surface area contributed by atoms with Crippen molar-refractivity contribution in [1.29, 1.82) is 0 Å². The Morgan fingerprint density at radius 3 is 2.30 bits per heavy atom. The van der Waals surface area contributed by atoms with E-state index in [4.69, 9.17) is 0 Å². The summed E-state index contributed by atoms with van der Waals surface area (Å²) in [5, 5.41) is 0. The maximum absolute atomic E-state index is 11.0. The van der Waals surface area contributed by atoms with Crippen LogP contribution in [0.25, 0.3) is 0 Å². The summed E-state index contributed by atoms with van der Waals surface area (Å²) in [7, 11) is 2.07. The van der Waals surface area contributed by atoms with Crippen molar-refractivity contribution in [3.05, 3.63) is 0 Å². The number of Topliss-reactive ketones (excluding diaryl/α,β-unsaturated/α-hetero) is 1. The van der Waals surface area contributed by atoms with Gasteiger partial charge in [0.05, 0.1) is 0 Å². The Morgan fingerprint density at radius 1 is 1.50 bits per heavy atom. The van der Waals surface area contributed by atoms with Crippen molar-refractivity contribution in [2.24, 2.45) is 11.8 Å². The molecule has 0 aliphatic carbocycles. The van der Waals surface area contributed by atoms with Crippen LogP contribution in [0.2, 0.25) is 0 Å². The fourth-order valence-electron chi connectivity index (χ4n) is 1.74. The van der Waals surface area contributed by atoms with Gasteiger partial charge in [0.1, 0.15) is 5.78 Å². The Kier molecular flexibility index (Phi) is 2.09. The van der Waals surface area contributed by atoms with Gasteiger partial charge in [-0.05, 0) is 19.9 Å². The van der Waals surface area contributed by atoms with Gasteiger partial charge in [-0.1, -0.05) is 6.92 Å². The molecule has 58 valence electrons. The molecule has 0 bridgehead atoms. The van der Waals surface area contributed by atoms with Crippen molar-refractivity contribution in [2.75, 3.05) is 20.1 Å². The Labute approximate surface area is 62.2 Å². The molecule has 1 heterocycles. The number of rotatable bonds is 1. The van der Waals surface area contributed by atoms with E-state index in [1.807, 2.05) is 0 Å². The summed E-state index contributed by atoms with van der Waals surface area (Å²) in [4.78, 5) is 13.2. The van der Waals surface area contributed by atoms with Gasteiger partial charge in [0.15, 0.2) is 0 Å². The second-order valence-electron chi connectivity index (χ2n) is 3.42. The van der Waals surface area contributed by atoms with Crippen LogP contribution in [0.15, 0.2) is 0 Å². The molecule has 0 saturated carbocycles. The van der Waals surface area contributed by atoms with Gasteiger partial charge in [-0.15, -0.1) is 0 Å². The number of hydrogen-bond donors (Lipinski definition) is 0. The van der Waals surface area contributed by atoms with Crippen molar-refractivity contribution in [3.8, 4) is 0 Å². The van der Waals surface area contributed by atoms with E-state index >= 15 is 0 Å². The SMILES string of the molecule is CC(=O)C1CN(C)CC1C. The highest BCUT2D eigenvalue weighted by molar-refractivity contribution is 5.79. The maximum Gasteiger partial charge on any atom is 0.134 e. The number of carbonyl (C=O) groups is 1. The molecule has 0 spiro atoms. The van der Waals surface area contributed by atoms with Crippen molar-refractivity contribution in [3.63, 3.8) is 0 Å². The summed E-state index contributed by atoms with van der Waals surface area (Å²) in [6.07, 6.45) is 0. The molecule has 2 heteroatoms. The van der Waals surface area contributed by atoms with Crippen molar-refractivity contribution in [1.82, 2.24) is 4.90 Å². The van der Waals surface area contributed by atoms with Gasteiger partial charge >= 0.3 is 0 Å². The molecular weight excluding hydrogens is 126 g/mol. The first-order chi connectivity index (χ1) is 4.61. The predicted octanol–water partition coefficient (Wildman–Crippen LogP) is 0.773. The van der Waals surface area contributed by atoms with Crippen molar-refractivity contribution >= 4 is 5.78 Å². The van der Waals surface area contributed by atoms with Crippen LogP contribution in [-0.4, -0.2) is 30.8 Å². The molecule has 10 heavy (non-hydrogen) atoms. The average molecular weight is 141 g/mol. The maximum atomic E-state index is 11.0. The molecule has 1 saturated heterocycles. The minimum absolute atomic E-state index is 0.296. The molecular formula is C8H15NO. The standard InChI is InChI=1S/C8H15NO/c1-6-4-9(3)5-8(6)7(2)10/h6,8H,4-5H2,1-3H3. The third-order valence-electron chi connectivity index (χ3n) is 2.32. The highest BCUT2D eigenvalue weighted by atomic mass is 16.1. The van der Waals surface area contributed by atoms with Gasteiger partial charge in [-0.25, -0.2) is 0 Å². The molecule has 0 radical (unpaired) electrons. The molecule has 1 aliphatic rings. The largest absolute Gasteiger partial charge is 0.305 e. The van der Waals surface area contributed by atoms with E-state index in [2.05, 4.69) is 18.9 Å². The number of hydrogen-bond acceptors (Lipinski definition) is 2. The molecule has 0 aromatic carbocycles. The minimum atomic E-state index is 0.296. The van der Waals surface area contributed by atoms with E-state index in [-0.39, 0.29) is 0 Å². The fourth-order valence-corrected chi connectivity index (χ4v) is 1.74. The third-order valence-corrected chi connectivity index (χ3v) is 2.32. The summed E-state index contributed by atoms with van der Waals surface area (Å²) >= 11 is 0. The van der Waals surface area contributed by atoms with Crippen LogP contribution < -0.4 is 0 Å². The van der Waals surface area contributed by atoms with Gasteiger partial charge in [0.2, 0.25) is 0 Å². The van der Waals surface area contributed by atoms with Gasteiger partial charge in [-0.3, -0.25) is 4.79 Å². The Morgan fingerprint density at radius 2 is 2.10 bits per heavy atom. The second kappa shape index (κ2) is 2.70. The average Bonchev–Trinajstić information content (AvgIpc) is 2.10. The molecule has 1 fully saturated rings. The van der Waals surface area contributed by atoms with E-state index < -0.39 is 0 Å². The molecule has 1 rings (SSSR count). The molecule has 0 amide bonds. The Balaban J connectivity index is 2.54. The summed E-state index contributed by atoms with van der Waals surface area (Å²) in [5.74, 6) is 1.20. The first kappa shape index (κ1) is 7.73. The van der Waals surface area contributed by atoms with Crippen LogP contribution in [0.4, 0.5) is 0 Å². The topological polar surface area (TPSA) is 20.3 Å². The first-order valence-corrected chi connectivity index (χ1v) is 3.80. The van der Waals surface area contributed by atoms with E-state index in [0.717, 1.165) is 13.1 Å². The quantitative estimate of drug-likeness (QED) is 0.537. The van der Waals surface area contributed by atoms with E-state index in [1.54, 1.807) is 6.92 Å². The van der Waals surface area contributed by atoms with Crippen molar-refractivity contribution in [2.45, 2.75) is 13.8 Å². The molecule has 2 nitrogen and oxygen atoms in total. The summed E-state index contributed by atoms with van der Waals surface area (Å²) in [6, 6.07) is 0. The number of ketones is 1. The van der Waals surface area contributed by atoms with Crippen LogP contribution in [0.3, 0.4) is 0 Å². The van der Waals surface area contributed by atoms with Crippen LogP contribution in [-0.2, 0) is 4.79 Å². The summed E-state index contributed by atoms with van der Waals surface area (Å²) in [5.41, 5.74) is 0. The lowest BCUT2D eigenvalue weighted by Crippen LogP contribution is -2.18. The summed E-state index contributed by atoms with van der Waals surface area (Å²) in [6.45, 7) is 5.87. The zero-order valence-corrected chi connectivity index (χ0v) is 6.92. The third kappa shape index (κ3) is 1.37. The highest BCUT2D eigenvalue weighted by Crippen LogP contribution is 2.21. The zero-order valence-electron chi connectivity index (χ0n) is 6.92. The lowest BCUT2D eigenvalue weighted by Gasteiger charge is -2.07. The highest BCUT2D eigenvalue weighted by Gasteiger charge is 2.30. The number of nitrogens with zero attached hydrogens (tertiary/aromatic N) is 1. The predicted molar refractivity (Wildman–Crippen MR) is 40.8 cm³/mol. The van der Waals surface area contributed by atoms with E-state index in [0.29, 0.717) is 17.6 Å². The fraction of sp³-hybridized carbons (Fsp3) is 0.875. The van der Waals surface area contributed by atoms with Crippen LogP contribution >= 0.6 is 0 Å². The van der Waals surface area contributed by atoms with Crippen LogP contribution in [0.5, 0.6) is 0 Å². The number of carbonyl (C=O) groups excluding carboxylic acids is 1. The Bertz CT molecular complexity index is 144. The lowest BCUT2D eigenvalue weighted by atomic mass is 9.95. The molecule has 0 aromatic heterocycles. The second-order valence-corrected chi connectivity index (χ2v) is 3.42. The zero-order chi connectivity index (χ0) is 7.72. The van der Waals surface area contributed by atoms with Crippen LogP contribution in [0, 0.1) is 11.8 Å². The van der Waals surface area contributed by atoms with E-state index in [9.17, 15) is 4.79 Å². The van der Waals surface area contributed by atoms with Gasteiger partial charge in [-0.2, -0.15) is 0 Å². The normalized spacial score (nSPS) is 34.7. The lowest BCUT2D eigenvalue weighted by molar-refractivity contribution is -0.121. The van der Waals surface area contributed by atoms with Gasteiger partial charge in [0.25, 0.3) is 0 Å². The minimum Gasteiger partial charge on any atom is -0.305 e. The monoisotopic (exact) mass is 141 g/mol. The summed E-state index contributed by atoms with van der Waals surface area (Å²) < 4.78 is 0. The smallest absolute Gasteiger partial charge is 0.134 e. The van der Waals surface area contributed by atoms with E-state index in [1.165, 1.54) is 0 Å². The Hall–Kier alpha value is -0.370. The van der Waals surface area contributed by atoms with Gasteiger partial charge < -0.3 is 4.90 Å². The first-order valence-electron chi connectivity index (χ1n) is 3.80. The molecule has 0 N–H and O–H groups in total. The van der Waals surface area contributed by atoms with Crippen molar-refractivity contribution < 1.29 is 4.79 Å².